The van der Waals surface area contributed by atoms with Gasteiger partial charge in [-0.2, -0.15) is 0 Å². The maximum absolute atomic E-state index is 12.0. The number of carbonyl (C=O) groups excluding carboxylic acids is 1. The quantitative estimate of drug-likeness (QED) is 0.709. The van der Waals surface area contributed by atoms with Crippen molar-refractivity contribution in [2.75, 3.05) is 6.54 Å². The predicted molar refractivity (Wildman–Crippen MR) is 67.9 cm³/mol. The van der Waals surface area contributed by atoms with Gasteiger partial charge in [-0.25, -0.2) is 0 Å². The fraction of sp³-hybridized carbons (Fsp3) is 0.538. The minimum Gasteiger partial charge on any atom is -0.481 e. The van der Waals surface area contributed by atoms with Crippen LogP contribution in [0.5, 0.6) is 0 Å². The van der Waals surface area contributed by atoms with Crippen LogP contribution in [-0.2, 0) is 4.79 Å². The summed E-state index contributed by atoms with van der Waals surface area (Å²) in [5.41, 5.74) is -0.896. The number of carbonyl (C=O) groups is 2. The summed E-state index contributed by atoms with van der Waals surface area (Å²) in [6.07, 6.45) is 3.61. The monoisotopic (exact) mass is 266 g/mol. The topological polar surface area (TPSA) is 91.6 Å². The van der Waals surface area contributed by atoms with Gasteiger partial charge in [-0.3, -0.25) is 9.59 Å². The van der Waals surface area contributed by atoms with Crippen LogP contribution in [0.25, 0.3) is 0 Å². The molecule has 1 saturated carbocycles. The first-order valence-corrected chi connectivity index (χ1v) is 6.28. The van der Waals surface area contributed by atoms with Gasteiger partial charge >= 0.3 is 5.97 Å². The van der Waals surface area contributed by atoms with Crippen LogP contribution in [0.4, 0.5) is 0 Å². The molecule has 3 N–H and O–H groups in total. The van der Waals surface area contributed by atoms with E-state index >= 15 is 0 Å². The molecule has 1 fully saturated rings. The van der Waals surface area contributed by atoms with E-state index in [-0.39, 0.29) is 12.5 Å². The Balaban J connectivity index is 1.94. The summed E-state index contributed by atoms with van der Waals surface area (Å²) < 4.78 is 1.92. The van der Waals surface area contributed by atoms with Gasteiger partial charge in [-0.1, -0.05) is 0 Å². The van der Waals surface area contributed by atoms with E-state index in [1.807, 2.05) is 16.8 Å². The minimum absolute atomic E-state index is 0.0893. The van der Waals surface area contributed by atoms with Crippen molar-refractivity contribution in [3.05, 3.63) is 24.0 Å². The van der Waals surface area contributed by atoms with Crippen molar-refractivity contribution in [1.29, 1.82) is 0 Å². The second-order valence-corrected chi connectivity index (χ2v) is 5.28. The Hall–Kier alpha value is -1.82. The number of nitrogens with zero attached hydrogens (tertiary/aromatic N) is 1. The van der Waals surface area contributed by atoms with Gasteiger partial charge in [0.1, 0.15) is 5.69 Å². The standard InChI is InChI=1S/C13H18N2O4/c1-13(19,7-11(16)17)8-14-12(18)10-3-2-6-15(10)9-4-5-9/h2-3,6,9,19H,4-5,7-8H2,1H3,(H,14,18)(H,16,17). The molecule has 1 aromatic heterocycles. The summed E-state index contributed by atoms with van der Waals surface area (Å²) in [6.45, 7) is 1.30. The van der Waals surface area contributed by atoms with E-state index in [1.165, 1.54) is 6.92 Å². The molecule has 1 heterocycles. The molecule has 1 atom stereocenters. The van der Waals surface area contributed by atoms with E-state index in [0.717, 1.165) is 12.8 Å². The van der Waals surface area contributed by atoms with Crippen LogP contribution in [0.1, 0.15) is 42.7 Å². The van der Waals surface area contributed by atoms with Gasteiger partial charge in [0.2, 0.25) is 0 Å². The number of carboxylic acid groups (broad SMARTS) is 1. The lowest BCUT2D eigenvalue weighted by atomic mass is 10.0. The van der Waals surface area contributed by atoms with Crippen LogP contribution in [0.2, 0.25) is 0 Å². The van der Waals surface area contributed by atoms with Crippen molar-refractivity contribution in [2.24, 2.45) is 0 Å². The van der Waals surface area contributed by atoms with Gasteiger partial charge < -0.3 is 20.1 Å². The molecule has 104 valence electrons. The van der Waals surface area contributed by atoms with Crippen molar-refractivity contribution in [3.8, 4) is 0 Å². The van der Waals surface area contributed by atoms with Crippen molar-refractivity contribution >= 4 is 11.9 Å². The summed E-state index contributed by atoms with van der Waals surface area (Å²) in [7, 11) is 0. The third-order valence-corrected chi connectivity index (χ3v) is 3.11. The van der Waals surface area contributed by atoms with Gasteiger partial charge in [0.15, 0.2) is 0 Å². The number of amides is 1. The first kappa shape index (κ1) is 13.6. The smallest absolute Gasteiger partial charge is 0.306 e. The number of hydrogen-bond acceptors (Lipinski definition) is 3. The second kappa shape index (κ2) is 5.05. The largest absolute Gasteiger partial charge is 0.481 e. The maximum atomic E-state index is 12.0. The summed E-state index contributed by atoms with van der Waals surface area (Å²) in [6, 6.07) is 3.93. The molecule has 1 aromatic rings. The first-order valence-electron chi connectivity index (χ1n) is 6.28. The van der Waals surface area contributed by atoms with Gasteiger partial charge in [-0.15, -0.1) is 0 Å². The molecular weight excluding hydrogens is 248 g/mol. The zero-order valence-electron chi connectivity index (χ0n) is 10.8. The Morgan fingerprint density at radius 2 is 2.21 bits per heavy atom. The molecule has 0 aliphatic heterocycles. The lowest BCUT2D eigenvalue weighted by molar-refractivity contribution is -0.141. The molecule has 0 radical (unpaired) electrons. The third-order valence-electron chi connectivity index (χ3n) is 3.11. The molecular formula is C13H18N2O4. The number of aromatic nitrogens is 1. The zero-order chi connectivity index (χ0) is 14.0. The number of hydrogen-bond donors (Lipinski definition) is 3. The van der Waals surface area contributed by atoms with Gasteiger partial charge in [0.25, 0.3) is 5.91 Å². The van der Waals surface area contributed by atoms with Crippen LogP contribution in [0, 0.1) is 0 Å². The Bertz CT molecular complexity index is 489. The van der Waals surface area contributed by atoms with Gasteiger partial charge in [0.05, 0.1) is 12.0 Å². The summed E-state index contributed by atoms with van der Waals surface area (Å²) in [5.74, 6) is -1.39. The Morgan fingerprint density at radius 1 is 1.53 bits per heavy atom. The Labute approximate surface area is 111 Å². The Morgan fingerprint density at radius 3 is 2.79 bits per heavy atom. The molecule has 1 amide bonds. The third kappa shape index (κ3) is 3.57. The maximum Gasteiger partial charge on any atom is 0.306 e. The summed E-state index contributed by atoms with van der Waals surface area (Å²) in [4.78, 5) is 22.6. The Kier molecular flexibility index (Phi) is 3.61. The van der Waals surface area contributed by atoms with E-state index in [0.29, 0.717) is 11.7 Å². The molecule has 6 nitrogen and oxygen atoms in total. The number of nitrogens with one attached hydrogen (secondary N) is 1. The molecule has 1 aliphatic rings. The van der Waals surface area contributed by atoms with Crippen molar-refractivity contribution < 1.29 is 19.8 Å². The highest BCUT2D eigenvalue weighted by molar-refractivity contribution is 5.92. The molecule has 1 aliphatic carbocycles. The molecule has 6 heteroatoms. The van der Waals surface area contributed by atoms with Crippen LogP contribution in [-0.4, -0.2) is 38.8 Å². The summed E-state index contributed by atoms with van der Waals surface area (Å²) in [5, 5.41) is 21.0. The molecule has 1 unspecified atom stereocenters. The van der Waals surface area contributed by atoms with Gasteiger partial charge in [-0.05, 0) is 31.9 Å². The first-order chi connectivity index (χ1) is 8.89. The molecule has 0 spiro atoms. The molecule has 19 heavy (non-hydrogen) atoms. The van der Waals surface area contributed by atoms with E-state index in [2.05, 4.69) is 5.32 Å². The highest BCUT2D eigenvalue weighted by Crippen LogP contribution is 2.35. The normalized spacial score (nSPS) is 17.8. The second-order valence-electron chi connectivity index (χ2n) is 5.28. The van der Waals surface area contributed by atoms with Crippen molar-refractivity contribution in [2.45, 2.75) is 37.8 Å². The number of aliphatic carboxylic acids is 1. The predicted octanol–water partition coefficient (Wildman–Crippen LogP) is 0.778. The molecule has 0 aromatic carbocycles. The lowest BCUT2D eigenvalue weighted by Gasteiger charge is -2.21. The fourth-order valence-corrected chi connectivity index (χ4v) is 2.01. The van der Waals surface area contributed by atoms with E-state index in [9.17, 15) is 14.7 Å². The summed E-state index contributed by atoms with van der Waals surface area (Å²) >= 11 is 0. The van der Waals surface area contributed by atoms with Crippen LogP contribution >= 0.6 is 0 Å². The lowest BCUT2D eigenvalue weighted by Crippen LogP contribution is -2.42. The van der Waals surface area contributed by atoms with E-state index in [1.54, 1.807) is 6.07 Å². The average Bonchev–Trinajstić information content (AvgIpc) is 3.02. The SMILES string of the molecule is CC(O)(CNC(=O)c1cccn1C1CC1)CC(=O)O. The molecule has 0 saturated heterocycles. The fourth-order valence-electron chi connectivity index (χ4n) is 2.01. The number of carboxylic acids is 1. The number of aliphatic hydroxyl groups is 1. The highest BCUT2D eigenvalue weighted by Gasteiger charge is 2.28. The van der Waals surface area contributed by atoms with Crippen molar-refractivity contribution in [1.82, 2.24) is 9.88 Å². The van der Waals surface area contributed by atoms with Crippen LogP contribution < -0.4 is 5.32 Å². The van der Waals surface area contributed by atoms with Crippen LogP contribution in [0.15, 0.2) is 18.3 Å². The zero-order valence-corrected chi connectivity index (χ0v) is 10.8. The highest BCUT2D eigenvalue weighted by atomic mass is 16.4. The molecule has 2 rings (SSSR count). The van der Waals surface area contributed by atoms with E-state index < -0.39 is 18.0 Å². The van der Waals surface area contributed by atoms with Gasteiger partial charge in [0, 0.05) is 18.8 Å². The average molecular weight is 266 g/mol. The minimum atomic E-state index is -1.45. The van der Waals surface area contributed by atoms with Crippen LogP contribution in [0.3, 0.4) is 0 Å². The molecule has 0 bridgehead atoms. The number of rotatable bonds is 6. The van der Waals surface area contributed by atoms with Crippen molar-refractivity contribution in [3.63, 3.8) is 0 Å². The van der Waals surface area contributed by atoms with E-state index in [4.69, 9.17) is 5.11 Å².